The van der Waals surface area contributed by atoms with Gasteiger partial charge in [0.05, 0.1) is 6.61 Å². The minimum Gasteiger partial charge on any atom is -0.494 e. The van der Waals surface area contributed by atoms with E-state index >= 15 is 0 Å². The molecule has 0 atom stereocenters. The van der Waals surface area contributed by atoms with Crippen LogP contribution < -0.4 is 31.7 Å². The highest BCUT2D eigenvalue weighted by Crippen LogP contribution is 2.12. The van der Waals surface area contributed by atoms with Gasteiger partial charge in [0.2, 0.25) is 0 Å². The molecule has 0 saturated heterocycles. The van der Waals surface area contributed by atoms with Crippen LogP contribution in [0.15, 0.2) is 24.3 Å². The smallest absolute Gasteiger partial charge is 0.188 e. The van der Waals surface area contributed by atoms with Crippen LogP contribution >= 0.6 is 0 Å². The summed E-state index contributed by atoms with van der Waals surface area (Å²) in [6.07, 6.45) is 9.55. The second kappa shape index (κ2) is 18.4. The summed E-state index contributed by atoms with van der Waals surface area (Å²) >= 11 is 0. The van der Waals surface area contributed by atoms with Crippen LogP contribution in [0.4, 0.5) is 0 Å². The number of nitrogen functional groups attached to an aromatic ring is 1. The van der Waals surface area contributed by atoms with Crippen molar-refractivity contribution in [3.63, 3.8) is 0 Å². The molecule has 0 amide bonds. The summed E-state index contributed by atoms with van der Waals surface area (Å²) in [6.45, 7) is 5.35. The maximum Gasteiger partial charge on any atom is 0.188 e. The monoisotopic (exact) mass is 433 g/mol. The molecule has 0 spiro atoms. The fourth-order valence-corrected chi connectivity index (χ4v) is 3.07. The number of ether oxygens (including phenoxy) is 1. The van der Waals surface area contributed by atoms with Crippen LogP contribution in [0.5, 0.6) is 5.75 Å². The quantitative estimate of drug-likeness (QED) is 0.102. The van der Waals surface area contributed by atoms with E-state index in [1.54, 1.807) is 0 Å². The molecule has 0 unspecified atom stereocenters. The Morgan fingerprint density at radius 1 is 0.774 bits per heavy atom. The lowest BCUT2D eigenvalue weighted by atomic mass is 10.1. The van der Waals surface area contributed by atoms with Gasteiger partial charge in [-0.1, -0.05) is 25.7 Å². The van der Waals surface area contributed by atoms with E-state index in [-0.39, 0.29) is 5.84 Å². The number of benzene rings is 1. The minimum atomic E-state index is 0.0802. The molecular weight excluding hydrogens is 390 g/mol. The van der Waals surface area contributed by atoms with Gasteiger partial charge < -0.3 is 31.7 Å². The maximum atomic E-state index is 7.72. The first-order valence-corrected chi connectivity index (χ1v) is 11.6. The molecule has 1 rings (SSSR count). The van der Waals surface area contributed by atoms with Crippen LogP contribution in [0, 0.1) is 10.8 Å². The van der Waals surface area contributed by atoms with E-state index in [1.165, 1.54) is 32.1 Å². The number of unbranched alkanes of at least 4 members (excludes halogenated alkanes) is 6. The lowest BCUT2D eigenvalue weighted by molar-refractivity contribution is 0.305. The molecule has 0 aliphatic carbocycles. The third kappa shape index (κ3) is 15.2. The van der Waals surface area contributed by atoms with Crippen LogP contribution in [0.2, 0.25) is 0 Å². The Morgan fingerprint density at radius 2 is 1.35 bits per heavy atom. The Bertz CT molecular complexity index is 592. The molecule has 0 saturated carbocycles. The van der Waals surface area contributed by atoms with Crippen molar-refractivity contribution in [3.05, 3.63) is 29.8 Å². The number of hydrogen-bond acceptors (Lipinski definition) is 5. The Hall–Kier alpha value is -2.32. The first-order valence-electron chi connectivity index (χ1n) is 11.6. The Morgan fingerprint density at radius 3 is 2.00 bits per heavy atom. The van der Waals surface area contributed by atoms with Crippen molar-refractivity contribution in [2.75, 3.05) is 46.4 Å². The van der Waals surface area contributed by atoms with Crippen molar-refractivity contribution >= 4 is 11.8 Å². The summed E-state index contributed by atoms with van der Waals surface area (Å²) in [5, 5.41) is 27.8. The molecule has 0 aliphatic heterocycles. The Kier molecular flexibility index (Phi) is 15.9. The SMILES string of the molecule is CNCCNC(=N)NCCCCCCCCNCCCCOc1ccc(C(=N)N)cc1. The Balaban J connectivity index is 1.79. The molecular formula is C23H43N7O. The molecule has 8 N–H and O–H groups in total. The van der Waals surface area contributed by atoms with Gasteiger partial charge in [-0.3, -0.25) is 10.8 Å². The van der Waals surface area contributed by atoms with E-state index in [9.17, 15) is 0 Å². The zero-order valence-corrected chi connectivity index (χ0v) is 19.2. The van der Waals surface area contributed by atoms with E-state index in [0.717, 1.165) is 63.3 Å². The van der Waals surface area contributed by atoms with Gasteiger partial charge in [0.15, 0.2) is 5.96 Å². The van der Waals surface area contributed by atoms with Crippen molar-refractivity contribution in [1.82, 2.24) is 21.3 Å². The summed E-state index contributed by atoms with van der Waals surface area (Å²) in [4.78, 5) is 0. The van der Waals surface area contributed by atoms with Gasteiger partial charge in [0.1, 0.15) is 11.6 Å². The lowest BCUT2D eigenvalue weighted by Crippen LogP contribution is -2.39. The van der Waals surface area contributed by atoms with Gasteiger partial charge in [0, 0.05) is 25.2 Å². The normalized spacial score (nSPS) is 10.6. The second-order valence-corrected chi connectivity index (χ2v) is 7.70. The van der Waals surface area contributed by atoms with E-state index < -0.39 is 0 Å². The summed E-state index contributed by atoms with van der Waals surface area (Å²) < 4.78 is 5.71. The van der Waals surface area contributed by atoms with Crippen molar-refractivity contribution < 1.29 is 4.74 Å². The highest BCUT2D eigenvalue weighted by Gasteiger charge is 1.98. The molecule has 0 aromatic heterocycles. The maximum absolute atomic E-state index is 7.72. The fourth-order valence-electron chi connectivity index (χ4n) is 3.07. The van der Waals surface area contributed by atoms with Crippen LogP contribution in [0.1, 0.15) is 56.9 Å². The van der Waals surface area contributed by atoms with Crippen LogP contribution in [-0.4, -0.2) is 58.2 Å². The molecule has 8 nitrogen and oxygen atoms in total. The van der Waals surface area contributed by atoms with Gasteiger partial charge in [-0.05, 0) is 70.1 Å². The molecule has 176 valence electrons. The first kappa shape index (κ1) is 26.7. The van der Waals surface area contributed by atoms with Gasteiger partial charge in [-0.15, -0.1) is 0 Å². The lowest BCUT2D eigenvalue weighted by Gasteiger charge is -2.10. The first-order chi connectivity index (χ1) is 15.1. The molecule has 8 heteroatoms. The number of nitrogens with one attached hydrogen (secondary N) is 6. The molecule has 0 heterocycles. The average Bonchev–Trinajstić information content (AvgIpc) is 2.77. The molecule has 1 aromatic carbocycles. The molecule has 0 fully saturated rings. The molecule has 0 radical (unpaired) electrons. The predicted octanol–water partition coefficient (Wildman–Crippen LogP) is 2.39. The summed E-state index contributed by atoms with van der Waals surface area (Å²) in [5.41, 5.74) is 6.16. The zero-order valence-electron chi connectivity index (χ0n) is 19.2. The third-order valence-corrected chi connectivity index (χ3v) is 4.94. The number of nitrogens with two attached hydrogens (primary N) is 1. The Labute approximate surface area is 188 Å². The molecule has 31 heavy (non-hydrogen) atoms. The standard InChI is InChI=1S/C23H43N7O/c1-27-17-18-30-23(26)29-16-7-5-3-2-4-6-14-28-15-8-9-19-31-21-12-10-20(11-13-21)22(24)25/h10-13,27-28H,2-9,14-19H2,1H3,(H3,24,25)(H3,26,29,30). The fraction of sp³-hybridized carbons (Fsp3) is 0.652. The van der Waals surface area contributed by atoms with Crippen molar-refractivity contribution in [1.29, 1.82) is 10.8 Å². The zero-order chi connectivity index (χ0) is 22.6. The predicted molar refractivity (Wildman–Crippen MR) is 130 cm³/mol. The van der Waals surface area contributed by atoms with Gasteiger partial charge >= 0.3 is 0 Å². The summed E-state index contributed by atoms with van der Waals surface area (Å²) in [5.74, 6) is 1.33. The minimum absolute atomic E-state index is 0.0802. The molecule has 0 bridgehead atoms. The number of guanidine groups is 1. The van der Waals surface area contributed by atoms with Crippen molar-refractivity contribution in [2.45, 2.75) is 51.4 Å². The highest BCUT2D eigenvalue weighted by molar-refractivity contribution is 5.94. The van der Waals surface area contributed by atoms with Crippen LogP contribution in [0.3, 0.4) is 0 Å². The molecule has 1 aromatic rings. The second-order valence-electron chi connectivity index (χ2n) is 7.70. The van der Waals surface area contributed by atoms with Crippen LogP contribution in [-0.2, 0) is 0 Å². The third-order valence-electron chi connectivity index (χ3n) is 4.94. The van der Waals surface area contributed by atoms with E-state index in [4.69, 9.17) is 21.3 Å². The van der Waals surface area contributed by atoms with E-state index in [1.807, 2.05) is 31.3 Å². The summed E-state index contributed by atoms with van der Waals surface area (Å²) in [6, 6.07) is 7.35. The number of rotatable bonds is 19. The van der Waals surface area contributed by atoms with Gasteiger partial charge in [0.25, 0.3) is 0 Å². The topological polar surface area (TPSA) is 131 Å². The van der Waals surface area contributed by atoms with E-state index in [0.29, 0.717) is 12.6 Å². The highest BCUT2D eigenvalue weighted by atomic mass is 16.5. The average molecular weight is 434 g/mol. The number of hydrogen-bond donors (Lipinski definition) is 7. The van der Waals surface area contributed by atoms with Crippen molar-refractivity contribution in [3.8, 4) is 5.75 Å². The number of likely N-dealkylation sites (N-methyl/N-ethyl adjacent to an activating group) is 1. The summed E-state index contributed by atoms with van der Waals surface area (Å²) in [7, 11) is 1.91. The van der Waals surface area contributed by atoms with Crippen LogP contribution in [0.25, 0.3) is 0 Å². The van der Waals surface area contributed by atoms with Gasteiger partial charge in [-0.2, -0.15) is 0 Å². The number of amidine groups is 1. The van der Waals surface area contributed by atoms with E-state index in [2.05, 4.69) is 21.3 Å². The van der Waals surface area contributed by atoms with Gasteiger partial charge in [-0.25, -0.2) is 0 Å². The van der Waals surface area contributed by atoms with Crippen molar-refractivity contribution in [2.24, 2.45) is 5.73 Å². The molecule has 0 aliphatic rings. The largest absolute Gasteiger partial charge is 0.494 e.